The quantitative estimate of drug-likeness (QED) is 0.290. The summed E-state index contributed by atoms with van der Waals surface area (Å²) in [6, 6.07) is 15.3. The Morgan fingerprint density at radius 3 is 2.33 bits per heavy atom. The zero-order valence-corrected chi connectivity index (χ0v) is 16.7. The first-order valence-electron chi connectivity index (χ1n) is 10.4. The van der Waals surface area contributed by atoms with Crippen molar-refractivity contribution in [2.45, 2.75) is 65.3 Å². The summed E-state index contributed by atoms with van der Waals surface area (Å²) in [6.45, 7) is 5.40. The third-order valence-corrected chi connectivity index (χ3v) is 5.40. The van der Waals surface area contributed by atoms with E-state index in [-0.39, 0.29) is 0 Å². The van der Waals surface area contributed by atoms with Gasteiger partial charge >= 0.3 is 0 Å². The lowest BCUT2D eigenvalue weighted by molar-refractivity contribution is -0.107. The highest BCUT2D eigenvalue weighted by Crippen LogP contribution is 2.29. The first-order valence-corrected chi connectivity index (χ1v) is 10.4. The molecule has 142 valence electrons. The van der Waals surface area contributed by atoms with E-state index in [2.05, 4.69) is 67.1 Å². The van der Waals surface area contributed by atoms with E-state index in [1.165, 1.54) is 66.1 Å². The number of carbonyl (C=O) groups excluding carboxylic acids is 1. The van der Waals surface area contributed by atoms with E-state index >= 15 is 0 Å². The maximum absolute atomic E-state index is 11.2. The zero-order chi connectivity index (χ0) is 19.1. The van der Waals surface area contributed by atoms with Crippen LogP contribution < -0.4 is 0 Å². The lowest BCUT2D eigenvalue weighted by Gasteiger charge is -2.07. The lowest BCUT2D eigenvalue weighted by atomic mass is 10.0. The van der Waals surface area contributed by atoms with Gasteiger partial charge in [-0.05, 0) is 42.2 Å². The van der Waals surface area contributed by atoms with E-state index in [0.29, 0.717) is 6.42 Å². The van der Waals surface area contributed by atoms with Crippen molar-refractivity contribution >= 4 is 17.2 Å². The van der Waals surface area contributed by atoms with Gasteiger partial charge in [-0.3, -0.25) is 0 Å². The number of hydrogen-bond acceptors (Lipinski definition) is 1. The zero-order valence-electron chi connectivity index (χ0n) is 16.7. The Kier molecular flexibility index (Phi) is 6.86. The smallest absolute Gasteiger partial charge is 0.124 e. The van der Waals surface area contributed by atoms with Crippen molar-refractivity contribution in [3.05, 3.63) is 59.8 Å². The molecule has 2 aromatic carbocycles. The molecular weight excluding hydrogens is 330 g/mol. The van der Waals surface area contributed by atoms with Gasteiger partial charge in [0.1, 0.15) is 6.29 Å². The molecule has 0 aliphatic carbocycles. The summed E-state index contributed by atoms with van der Waals surface area (Å²) in [5, 5.41) is 1.21. The van der Waals surface area contributed by atoms with Crippen LogP contribution in [0, 0.1) is 6.92 Å². The molecule has 0 fully saturated rings. The lowest BCUT2D eigenvalue weighted by Crippen LogP contribution is -1.96. The van der Waals surface area contributed by atoms with E-state index in [1.807, 2.05) is 0 Å². The fraction of sp³-hybridized carbons (Fsp3) is 0.400. The van der Waals surface area contributed by atoms with Gasteiger partial charge < -0.3 is 9.36 Å². The van der Waals surface area contributed by atoms with Crippen LogP contribution in [-0.2, 0) is 17.8 Å². The van der Waals surface area contributed by atoms with Gasteiger partial charge in [0.15, 0.2) is 0 Å². The van der Waals surface area contributed by atoms with Gasteiger partial charge in [-0.15, -0.1) is 0 Å². The molecule has 0 aliphatic rings. The fourth-order valence-electron chi connectivity index (χ4n) is 3.80. The molecule has 0 saturated carbocycles. The maximum atomic E-state index is 11.2. The molecule has 1 heterocycles. The minimum absolute atomic E-state index is 0.483. The Labute approximate surface area is 163 Å². The van der Waals surface area contributed by atoms with Gasteiger partial charge in [0.25, 0.3) is 0 Å². The topological polar surface area (TPSA) is 22.0 Å². The summed E-state index contributed by atoms with van der Waals surface area (Å²) < 4.78 is 2.34. The van der Waals surface area contributed by atoms with E-state index in [9.17, 15) is 4.79 Å². The minimum atomic E-state index is 0.483. The molecule has 0 N–H and O–H groups in total. The molecule has 2 heteroatoms. The number of carbonyl (C=O) groups is 1. The normalized spacial score (nSPS) is 11.2. The van der Waals surface area contributed by atoms with Gasteiger partial charge in [0.05, 0.1) is 0 Å². The standard InChI is InChI=1S/C25H31NO/c1-3-4-5-6-7-8-16-26-19-23(15-17-27)24-18-22(13-14-25(24)26)21-11-9-20(2)10-12-21/h9-14,17-19H,3-8,15-16H2,1-2H3. The Hall–Kier alpha value is -2.35. The number of nitrogens with zero attached hydrogens (tertiary/aromatic N) is 1. The van der Waals surface area contributed by atoms with Crippen molar-refractivity contribution in [2.75, 3.05) is 0 Å². The molecule has 27 heavy (non-hydrogen) atoms. The molecule has 0 atom stereocenters. The molecule has 3 aromatic rings. The molecule has 0 saturated heterocycles. The number of benzene rings is 2. The summed E-state index contributed by atoms with van der Waals surface area (Å²) in [4.78, 5) is 11.2. The van der Waals surface area contributed by atoms with Gasteiger partial charge in [-0.1, -0.05) is 74.9 Å². The molecule has 0 aliphatic heterocycles. The number of rotatable bonds is 10. The number of fused-ring (bicyclic) bond motifs is 1. The SMILES string of the molecule is CCCCCCCCn1cc(CC=O)c2cc(-c3ccc(C)cc3)ccc21. The third kappa shape index (κ3) is 4.88. The second-order valence-electron chi connectivity index (χ2n) is 7.58. The largest absolute Gasteiger partial charge is 0.347 e. The van der Waals surface area contributed by atoms with Crippen LogP contribution in [-0.4, -0.2) is 10.9 Å². The average molecular weight is 362 g/mol. The van der Waals surface area contributed by atoms with Crippen molar-refractivity contribution in [1.82, 2.24) is 4.57 Å². The van der Waals surface area contributed by atoms with E-state index in [1.54, 1.807) is 0 Å². The van der Waals surface area contributed by atoms with Crippen molar-refractivity contribution in [3.63, 3.8) is 0 Å². The predicted molar refractivity (Wildman–Crippen MR) is 115 cm³/mol. The fourth-order valence-corrected chi connectivity index (χ4v) is 3.80. The van der Waals surface area contributed by atoms with Crippen molar-refractivity contribution in [1.29, 1.82) is 0 Å². The van der Waals surface area contributed by atoms with Crippen molar-refractivity contribution in [3.8, 4) is 11.1 Å². The van der Waals surface area contributed by atoms with Crippen LogP contribution in [0.5, 0.6) is 0 Å². The van der Waals surface area contributed by atoms with Crippen LogP contribution in [0.4, 0.5) is 0 Å². The number of unbranched alkanes of at least 4 members (excludes halogenated alkanes) is 5. The van der Waals surface area contributed by atoms with Crippen molar-refractivity contribution in [2.24, 2.45) is 0 Å². The molecule has 2 nitrogen and oxygen atoms in total. The van der Waals surface area contributed by atoms with Crippen LogP contribution in [0.25, 0.3) is 22.0 Å². The predicted octanol–water partition coefficient (Wildman–Crippen LogP) is 6.72. The molecule has 0 unspecified atom stereocenters. The van der Waals surface area contributed by atoms with E-state index < -0.39 is 0 Å². The van der Waals surface area contributed by atoms with Crippen LogP contribution in [0.15, 0.2) is 48.7 Å². The van der Waals surface area contributed by atoms with Gasteiger partial charge in [-0.25, -0.2) is 0 Å². The monoisotopic (exact) mass is 361 g/mol. The number of aromatic nitrogens is 1. The van der Waals surface area contributed by atoms with E-state index in [4.69, 9.17) is 0 Å². The highest BCUT2D eigenvalue weighted by molar-refractivity contribution is 5.90. The van der Waals surface area contributed by atoms with Gasteiger partial charge in [0.2, 0.25) is 0 Å². The summed E-state index contributed by atoms with van der Waals surface area (Å²) in [7, 11) is 0. The molecule has 1 aromatic heterocycles. The van der Waals surface area contributed by atoms with Crippen LogP contribution in [0.1, 0.15) is 56.6 Å². The molecule has 0 amide bonds. The summed E-state index contributed by atoms with van der Waals surface area (Å²) in [5.74, 6) is 0. The second-order valence-corrected chi connectivity index (χ2v) is 7.58. The number of aldehydes is 1. The van der Waals surface area contributed by atoms with E-state index in [0.717, 1.165) is 18.4 Å². The first-order chi connectivity index (χ1) is 13.2. The first kappa shape index (κ1) is 19.4. The average Bonchev–Trinajstić information content (AvgIpc) is 3.02. The van der Waals surface area contributed by atoms with Gasteiger partial charge in [-0.2, -0.15) is 0 Å². The molecule has 0 spiro atoms. The number of hydrogen-bond donors (Lipinski definition) is 0. The van der Waals surface area contributed by atoms with Crippen LogP contribution in [0.2, 0.25) is 0 Å². The Morgan fingerprint density at radius 1 is 0.889 bits per heavy atom. The molecular formula is C25H31NO. The highest BCUT2D eigenvalue weighted by atomic mass is 16.1. The second kappa shape index (κ2) is 9.55. The number of aryl methyl sites for hydroxylation is 2. The maximum Gasteiger partial charge on any atom is 0.124 e. The van der Waals surface area contributed by atoms with Crippen LogP contribution in [0.3, 0.4) is 0 Å². The summed E-state index contributed by atoms with van der Waals surface area (Å²) in [6.07, 6.45) is 11.5. The molecule has 0 radical (unpaired) electrons. The third-order valence-electron chi connectivity index (χ3n) is 5.40. The van der Waals surface area contributed by atoms with Crippen LogP contribution >= 0.6 is 0 Å². The minimum Gasteiger partial charge on any atom is -0.347 e. The molecule has 0 bridgehead atoms. The summed E-state index contributed by atoms with van der Waals surface area (Å²) in [5.41, 5.74) is 6.10. The highest BCUT2D eigenvalue weighted by Gasteiger charge is 2.10. The Morgan fingerprint density at radius 2 is 1.59 bits per heavy atom. The Bertz CT molecular complexity index is 873. The molecule has 3 rings (SSSR count). The Balaban J connectivity index is 1.81. The summed E-state index contributed by atoms with van der Waals surface area (Å²) >= 11 is 0. The van der Waals surface area contributed by atoms with Crippen molar-refractivity contribution < 1.29 is 4.79 Å². The van der Waals surface area contributed by atoms with Gasteiger partial charge in [0, 0.05) is 30.1 Å².